The Morgan fingerprint density at radius 1 is 1.11 bits per heavy atom. The number of carbonyl (C=O) groups excluding carboxylic acids is 2. The highest BCUT2D eigenvalue weighted by molar-refractivity contribution is 5.96. The van der Waals surface area contributed by atoms with E-state index in [4.69, 9.17) is 9.47 Å². The van der Waals surface area contributed by atoms with Gasteiger partial charge in [0.05, 0.1) is 18.7 Å². The number of hydrogen-bond acceptors (Lipinski definition) is 7. The fraction of sp³-hybridized carbons (Fsp3) is 0.486. The van der Waals surface area contributed by atoms with E-state index in [9.17, 15) is 14.0 Å². The Morgan fingerprint density at radius 3 is 2.62 bits per heavy atom. The maximum absolute atomic E-state index is 15.0. The molecular weight excluding hydrogens is 597 g/mol. The second-order valence-electron chi connectivity index (χ2n) is 12.6. The number of pyridine rings is 1. The van der Waals surface area contributed by atoms with Gasteiger partial charge in [0.1, 0.15) is 29.7 Å². The Bertz CT molecular complexity index is 1530. The zero-order chi connectivity index (χ0) is 33.5. The molecule has 2 aliphatic rings. The van der Waals surface area contributed by atoms with Gasteiger partial charge in [-0.15, -0.1) is 0 Å². The second kappa shape index (κ2) is 15.6. The molecule has 1 saturated carbocycles. The van der Waals surface area contributed by atoms with Crippen LogP contribution < -0.4 is 25.0 Å². The number of benzene rings is 2. The molecule has 2 heterocycles. The van der Waals surface area contributed by atoms with Crippen molar-refractivity contribution in [3.63, 3.8) is 0 Å². The van der Waals surface area contributed by atoms with Crippen molar-refractivity contribution in [2.24, 2.45) is 5.92 Å². The fourth-order valence-corrected chi connectivity index (χ4v) is 7.06. The molecule has 1 saturated heterocycles. The van der Waals surface area contributed by atoms with Gasteiger partial charge in [-0.2, -0.15) is 0 Å². The van der Waals surface area contributed by atoms with Gasteiger partial charge in [-0.1, -0.05) is 26.0 Å². The Hall–Kier alpha value is -4.18. The molecule has 2 N–H and O–H groups in total. The summed E-state index contributed by atoms with van der Waals surface area (Å²) in [6.07, 6.45) is 5.51. The Balaban J connectivity index is 1.16. The van der Waals surface area contributed by atoms with Gasteiger partial charge in [-0.05, 0) is 88.9 Å². The smallest absolute Gasteiger partial charge is 0.253 e. The number of amides is 2. The third kappa shape index (κ3) is 8.04. The highest BCUT2D eigenvalue weighted by Gasteiger charge is 2.41. The van der Waals surface area contributed by atoms with Crippen molar-refractivity contribution in [2.45, 2.75) is 71.5 Å². The lowest BCUT2D eigenvalue weighted by Gasteiger charge is -2.38. The predicted molar refractivity (Wildman–Crippen MR) is 182 cm³/mol. The van der Waals surface area contributed by atoms with Crippen molar-refractivity contribution < 1.29 is 23.5 Å². The van der Waals surface area contributed by atoms with E-state index in [-0.39, 0.29) is 23.9 Å². The van der Waals surface area contributed by atoms with E-state index in [2.05, 4.69) is 39.3 Å². The SMILES string of the molecule is CCN(CC)CCOc1ccc([C@H](C)NC(=O)c2ccc(N3CCCC4CC(NC(=O)c5cccc(OC)c5C)CC43)nc2)c(F)c1. The predicted octanol–water partition coefficient (Wildman–Crippen LogP) is 5.93. The number of hydrogen-bond donors (Lipinski definition) is 2. The van der Waals surface area contributed by atoms with Crippen molar-refractivity contribution in [3.8, 4) is 11.5 Å². The highest BCUT2D eigenvalue weighted by atomic mass is 19.1. The van der Waals surface area contributed by atoms with Crippen molar-refractivity contribution in [2.75, 3.05) is 44.8 Å². The van der Waals surface area contributed by atoms with Crippen molar-refractivity contribution in [1.29, 1.82) is 0 Å². The van der Waals surface area contributed by atoms with E-state index in [0.29, 0.717) is 40.7 Å². The first-order valence-corrected chi connectivity index (χ1v) is 16.8. The summed E-state index contributed by atoms with van der Waals surface area (Å²) >= 11 is 0. The number of nitrogens with zero attached hydrogens (tertiary/aromatic N) is 3. The van der Waals surface area contributed by atoms with E-state index < -0.39 is 11.9 Å². The third-order valence-electron chi connectivity index (χ3n) is 9.78. The number of halogens is 1. The Labute approximate surface area is 277 Å². The molecule has 3 aromatic rings. The molecule has 3 unspecified atom stereocenters. The van der Waals surface area contributed by atoms with E-state index in [0.717, 1.165) is 63.2 Å². The van der Waals surface area contributed by atoms with E-state index in [1.165, 1.54) is 6.07 Å². The molecule has 2 aromatic carbocycles. The quantitative estimate of drug-likeness (QED) is 0.238. The number of aromatic nitrogens is 1. The summed E-state index contributed by atoms with van der Waals surface area (Å²) in [4.78, 5) is 35.5. The van der Waals surface area contributed by atoms with Gasteiger partial charge in [0.2, 0.25) is 0 Å². The molecule has 5 rings (SSSR count). The number of fused-ring (bicyclic) bond motifs is 1. The van der Waals surface area contributed by atoms with Crippen molar-refractivity contribution >= 4 is 17.6 Å². The molecule has 4 atom stereocenters. The fourth-order valence-electron chi connectivity index (χ4n) is 7.06. The lowest BCUT2D eigenvalue weighted by Crippen LogP contribution is -2.43. The van der Waals surface area contributed by atoms with Crippen LogP contribution in [-0.4, -0.2) is 73.7 Å². The van der Waals surface area contributed by atoms with Crippen LogP contribution in [0.3, 0.4) is 0 Å². The van der Waals surface area contributed by atoms with Crippen LogP contribution in [0.2, 0.25) is 0 Å². The number of methoxy groups -OCH3 is 1. The average molecular weight is 646 g/mol. The summed E-state index contributed by atoms with van der Waals surface area (Å²) in [7, 11) is 1.61. The molecule has 252 valence electrons. The molecule has 10 heteroatoms. The zero-order valence-corrected chi connectivity index (χ0v) is 28.2. The summed E-state index contributed by atoms with van der Waals surface area (Å²) in [5.41, 5.74) is 2.27. The molecule has 0 bridgehead atoms. The van der Waals surface area contributed by atoms with Crippen LogP contribution in [0.25, 0.3) is 0 Å². The van der Waals surface area contributed by atoms with Crippen LogP contribution in [0.4, 0.5) is 10.2 Å². The van der Waals surface area contributed by atoms with Gasteiger partial charge < -0.3 is 29.9 Å². The summed E-state index contributed by atoms with van der Waals surface area (Å²) in [6, 6.07) is 13.8. The Kier molecular flexibility index (Phi) is 11.3. The number of carbonyl (C=O) groups is 2. The van der Waals surface area contributed by atoms with Gasteiger partial charge in [0.25, 0.3) is 11.8 Å². The number of anilines is 1. The largest absolute Gasteiger partial charge is 0.496 e. The minimum absolute atomic E-state index is 0.0729. The van der Waals surface area contributed by atoms with Gasteiger partial charge in [0, 0.05) is 54.1 Å². The standard InChI is InChI=1S/C37H48FN5O4/c1-6-42(7-2)18-19-47-29-14-15-31(32(38)22-29)25(4)40-36(44)27-13-16-35(39-23-27)43-17-9-10-26-20-28(21-33(26)43)41-37(45)30-11-8-12-34(46-5)24(30)3/h8,11-16,22-23,25-26,28,33H,6-7,9-10,17-21H2,1-5H3,(H,40,44)(H,41,45)/t25-,26?,28?,33?/m0/s1. The van der Waals surface area contributed by atoms with Gasteiger partial charge in [-0.25, -0.2) is 9.37 Å². The summed E-state index contributed by atoms with van der Waals surface area (Å²) in [6.45, 7) is 11.9. The van der Waals surface area contributed by atoms with E-state index in [1.54, 1.807) is 38.4 Å². The van der Waals surface area contributed by atoms with Crippen molar-refractivity contribution in [3.05, 3.63) is 82.8 Å². The van der Waals surface area contributed by atoms with Crippen LogP contribution >= 0.6 is 0 Å². The second-order valence-corrected chi connectivity index (χ2v) is 12.6. The molecule has 47 heavy (non-hydrogen) atoms. The first kappa shape index (κ1) is 34.2. The van der Waals surface area contributed by atoms with Crippen LogP contribution in [0.15, 0.2) is 54.7 Å². The number of nitrogens with one attached hydrogen (secondary N) is 2. The topological polar surface area (TPSA) is 96.0 Å². The lowest BCUT2D eigenvalue weighted by molar-refractivity contribution is 0.0929. The van der Waals surface area contributed by atoms with Crippen LogP contribution in [0.1, 0.15) is 84.3 Å². The van der Waals surface area contributed by atoms with Gasteiger partial charge >= 0.3 is 0 Å². The monoisotopic (exact) mass is 645 g/mol. The average Bonchev–Trinajstić information content (AvgIpc) is 3.49. The maximum atomic E-state index is 15.0. The molecule has 2 fully saturated rings. The summed E-state index contributed by atoms with van der Waals surface area (Å²) in [5.74, 6) is 1.64. The third-order valence-corrected chi connectivity index (χ3v) is 9.78. The molecule has 1 aliphatic carbocycles. The van der Waals surface area contributed by atoms with Crippen LogP contribution in [0.5, 0.6) is 11.5 Å². The summed E-state index contributed by atoms with van der Waals surface area (Å²) in [5, 5.41) is 6.17. The highest BCUT2D eigenvalue weighted by Crippen LogP contribution is 2.39. The number of likely N-dealkylation sites (N-methyl/N-ethyl adjacent to an activating group) is 1. The Morgan fingerprint density at radius 2 is 1.91 bits per heavy atom. The minimum atomic E-state index is -0.541. The lowest BCUT2D eigenvalue weighted by atomic mass is 9.92. The maximum Gasteiger partial charge on any atom is 0.253 e. The summed E-state index contributed by atoms with van der Waals surface area (Å²) < 4.78 is 26.1. The van der Waals surface area contributed by atoms with E-state index >= 15 is 0 Å². The zero-order valence-electron chi connectivity index (χ0n) is 28.2. The molecular formula is C37H48FN5O4. The van der Waals surface area contributed by atoms with Gasteiger partial charge in [-0.3, -0.25) is 9.59 Å². The van der Waals surface area contributed by atoms with Gasteiger partial charge in [0.15, 0.2) is 0 Å². The number of ether oxygens (including phenoxy) is 2. The molecule has 9 nitrogen and oxygen atoms in total. The number of rotatable bonds is 13. The molecule has 0 spiro atoms. The van der Waals surface area contributed by atoms with Crippen molar-refractivity contribution in [1.82, 2.24) is 20.5 Å². The normalized spacial score (nSPS) is 19.6. The minimum Gasteiger partial charge on any atom is -0.496 e. The van der Waals surface area contributed by atoms with Crippen LogP contribution in [0, 0.1) is 18.7 Å². The number of piperidine rings is 1. The molecule has 0 radical (unpaired) electrons. The first-order chi connectivity index (χ1) is 22.7. The van der Waals surface area contributed by atoms with Crippen LogP contribution in [-0.2, 0) is 0 Å². The van der Waals surface area contributed by atoms with E-state index in [1.807, 2.05) is 31.2 Å². The first-order valence-electron chi connectivity index (χ1n) is 16.8. The molecule has 2 amide bonds. The molecule has 1 aliphatic heterocycles. The molecule has 1 aromatic heterocycles.